The zero-order valence-corrected chi connectivity index (χ0v) is 26.4. The molecule has 1 atom stereocenters. The molecule has 1 aliphatic carbocycles. The summed E-state index contributed by atoms with van der Waals surface area (Å²) in [6, 6.07) is 8.45. The van der Waals surface area contributed by atoms with E-state index in [0.717, 1.165) is 6.61 Å². The first-order valence-electron chi connectivity index (χ1n) is 8.32. The molecule has 1 radical (unpaired) electrons. The van der Waals surface area contributed by atoms with E-state index < -0.39 is 46.9 Å². The summed E-state index contributed by atoms with van der Waals surface area (Å²) in [7, 11) is -16.5. The Balaban J connectivity index is -0.0000000622. The van der Waals surface area contributed by atoms with Gasteiger partial charge in [0.05, 0.1) is 6.61 Å². The second kappa shape index (κ2) is 22.9. The van der Waals surface area contributed by atoms with Crippen LogP contribution in [0.15, 0.2) is 36.4 Å². The average molecular weight is 896 g/mol. The van der Waals surface area contributed by atoms with E-state index in [9.17, 15) is 39.5 Å². The molecule has 2 rings (SSSR count). The minimum absolute atomic E-state index is 0. The van der Waals surface area contributed by atoms with Crippen LogP contribution in [0.1, 0.15) is 17.0 Å². The molecule has 265 valence electrons. The predicted molar refractivity (Wildman–Crippen MR) is 126 cm³/mol. The Morgan fingerprint density at radius 1 is 0.674 bits per heavy atom. The Hall–Kier alpha value is -1.54. The summed E-state index contributed by atoms with van der Waals surface area (Å²) in [5, 5.41) is 0. The zero-order chi connectivity index (χ0) is 30.1. The molecule has 1 aliphatic rings. The first-order valence-corrected chi connectivity index (χ1v) is 12.5. The third kappa shape index (κ3) is 24.5. The first kappa shape index (κ1) is 60.6. The monoisotopic (exact) mass is 897 g/mol. The molecular formula is C15H28F9N5O10OsS3-3. The normalized spacial score (nSPS) is 13.8. The molecule has 0 spiro atoms. The second-order valence-corrected chi connectivity index (χ2v) is 10.1. The second-order valence-electron chi connectivity index (χ2n) is 5.94. The van der Waals surface area contributed by atoms with Gasteiger partial charge in [0.2, 0.25) is 0 Å². The average Bonchev–Trinajstić information content (AvgIpc) is 2.65. The Labute approximate surface area is 253 Å². The molecule has 1 aromatic rings. The molecule has 15 N–H and O–H groups in total. The molecule has 0 heterocycles. The number of alkyl halides is 9. The molecule has 0 aromatic heterocycles. The number of halogens is 9. The molecule has 0 saturated carbocycles. The van der Waals surface area contributed by atoms with Crippen molar-refractivity contribution < 1.29 is 103 Å². The van der Waals surface area contributed by atoms with Crippen LogP contribution in [0.2, 0.25) is 0 Å². The fraction of sp³-hybridized carbons (Fsp3) is 0.400. The van der Waals surface area contributed by atoms with E-state index in [1.165, 1.54) is 11.1 Å². The quantitative estimate of drug-likeness (QED) is 0.161. The van der Waals surface area contributed by atoms with Gasteiger partial charge in [-0.3, -0.25) is 0 Å². The fourth-order valence-corrected chi connectivity index (χ4v) is 1.72. The third-order valence-electron chi connectivity index (χ3n) is 3.21. The molecular weight excluding hydrogens is 868 g/mol. The fourth-order valence-electron chi connectivity index (χ4n) is 1.72. The Kier molecular flexibility index (Phi) is 32.3. The van der Waals surface area contributed by atoms with E-state index in [1.54, 1.807) is 7.11 Å². The summed E-state index contributed by atoms with van der Waals surface area (Å²) < 4.78 is 182. The van der Waals surface area contributed by atoms with Crippen molar-refractivity contribution >= 4 is 30.4 Å². The van der Waals surface area contributed by atoms with Crippen molar-refractivity contribution in [3.05, 3.63) is 54.0 Å². The summed E-state index contributed by atoms with van der Waals surface area (Å²) in [6.07, 6.45) is 6.43. The van der Waals surface area contributed by atoms with Crippen LogP contribution >= 0.6 is 0 Å². The van der Waals surface area contributed by atoms with E-state index in [4.69, 9.17) is 43.6 Å². The Bertz CT molecular complexity index is 1130. The van der Waals surface area contributed by atoms with Crippen molar-refractivity contribution in [2.45, 2.75) is 22.4 Å². The van der Waals surface area contributed by atoms with Gasteiger partial charge >= 0.3 is 16.5 Å². The molecule has 0 aliphatic heterocycles. The van der Waals surface area contributed by atoms with Crippen molar-refractivity contribution in [1.82, 2.24) is 30.8 Å². The first-order chi connectivity index (χ1) is 16.2. The van der Waals surface area contributed by atoms with Crippen LogP contribution in [-0.2, 0) is 54.9 Å². The Morgan fingerprint density at radius 3 is 1.21 bits per heavy atom. The number of hydrogen-bond donors (Lipinski definition) is 5. The smallest absolute Gasteiger partial charge is 0.485 e. The minimum atomic E-state index is -6.09. The van der Waals surface area contributed by atoms with Gasteiger partial charge in [-0.05, 0) is 11.1 Å². The van der Waals surface area contributed by atoms with E-state index in [1.807, 2.05) is 0 Å². The zero-order valence-electron chi connectivity index (χ0n) is 21.4. The molecule has 0 amide bonds. The van der Waals surface area contributed by atoms with Crippen molar-refractivity contribution in [3.63, 3.8) is 0 Å². The van der Waals surface area contributed by atoms with Gasteiger partial charge in [0, 0.05) is 39.2 Å². The minimum Gasteiger partial charge on any atom is -0.741 e. The summed E-state index contributed by atoms with van der Waals surface area (Å²) in [4.78, 5) is 0. The van der Waals surface area contributed by atoms with Crippen molar-refractivity contribution in [2.75, 3.05) is 13.7 Å². The van der Waals surface area contributed by atoms with Gasteiger partial charge in [0.15, 0.2) is 30.4 Å². The summed E-state index contributed by atoms with van der Waals surface area (Å²) in [6.45, 7) is 0.765. The number of rotatable bonds is 2. The summed E-state index contributed by atoms with van der Waals surface area (Å²) >= 11 is 0. The molecule has 1 aromatic carbocycles. The molecule has 1 unspecified atom stereocenters. The van der Waals surface area contributed by atoms with Crippen LogP contribution in [0, 0.1) is 6.42 Å². The maximum atomic E-state index is 10.7. The number of fused-ring (bicyclic) bond motifs is 1. The van der Waals surface area contributed by atoms with E-state index in [-0.39, 0.29) is 50.5 Å². The van der Waals surface area contributed by atoms with E-state index in [2.05, 4.69) is 42.8 Å². The topological polar surface area (TPSA) is 356 Å². The van der Waals surface area contributed by atoms with Gasteiger partial charge in [-0.1, -0.05) is 36.4 Å². The number of hydrogen-bond acceptors (Lipinski definition) is 15. The van der Waals surface area contributed by atoms with Crippen LogP contribution in [-0.4, -0.2) is 69.2 Å². The van der Waals surface area contributed by atoms with Crippen LogP contribution < -0.4 is 30.8 Å². The van der Waals surface area contributed by atoms with Crippen LogP contribution in [0.3, 0.4) is 0 Å². The SMILES string of the molecule is COCC1C=C[CH]c2ccccc21.N.N.N.N.N.O=S(=O)([O-])C(F)(F)F.O=S(=O)([O-])C(F)(F)F.O=S(=O)([O-])C(F)(F)F.[Os]. The molecule has 0 saturated heterocycles. The number of ether oxygens (including phenoxy) is 1. The number of methoxy groups -OCH3 is 1. The maximum Gasteiger partial charge on any atom is 0.485 e. The molecule has 28 heteroatoms. The molecule has 15 nitrogen and oxygen atoms in total. The van der Waals surface area contributed by atoms with E-state index >= 15 is 0 Å². The van der Waals surface area contributed by atoms with Gasteiger partial charge in [0.1, 0.15) is 0 Å². The number of benzene rings is 1. The van der Waals surface area contributed by atoms with Gasteiger partial charge in [-0.25, -0.2) is 25.3 Å². The van der Waals surface area contributed by atoms with Gasteiger partial charge in [0.25, 0.3) is 0 Å². The summed E-state index contributed by atoms with van der Waals surface area (Å²) in [5.74, 6) is 0.422. The predicted octanol–water partition coefficient (Wildman–Crippen LogP) is 3.50. The molecule has 0 fully saturated rings. The molecule has 0 bridgehead atoms. The van der Waals surface area contributed by atoms with Gasteiger partial charge in [-0.15, -0.1) is 0 Å². The van der Waals surface area contributed by atoms with Gasteiger partial charge in [-0.2, -0.15) is 39.5 Å². The third-order valence-corrected chi connectivity index (χ3v) is 4.91. The Morgan fingerprint density at radius 2 is 0.953 bits per heavy atom. The van der Waals surface area contributed by atoms with Crippen LogP contribution in [0.4, 0.5) is 39.5 Å². The maximum absolute atomic E-state index is 10.7. The standard InChI is InChI=1S/C12H13O.3CHF3O3S.5H3N.Os/c1-13-9-11-7-4-6-10-5-2-3-8-12(10)11;3*2-1(3,4)8(5,6)7;;;;;;/h2-8,11H,9H2,1H3;3*(H,5,6,7);5*1H3;/p-3. The largest absolute Gasteiger partial charge is 0.741 e. The van der Waals surface area contributed by atoms with Crippen LogP contribution in [0.25, 0.3) is 0 Å². The van der Waals surface area contributed by atoms with Crippen molar-refractivity contribution in [1.29, 1.82) is 0 Å². The van der Waals surface area contributed by atoms with Gasteiger partial charge < -0.3 is 49.1 Å². The van der Waals surface area contributed by atoms with Crippen molar-refractivity contribution in [2.24, 2.45) is 0 Å². The molecule has 43 heavy (non-hydrogen) atoms. The summed E-state index contributed by atoms with van der Waals surface area (Å²) in [5.41, 5.74) is -14.3. The van der Waals surface area contributed by atoms with E-state index in [0.29, 0.717) is 5.92 Å². The van der Waals surface area contributed by atoms with Crippen LogP contribution in [0.5, 0.6) is 0 Å². The number of allylic oxidation sites excluding steroid dienone is 1. The van der Waals surface area contributed by atoms with Crippen molar-refractivity contribution in [3.8, 4) is 0 Å².